The average molecular weight is 354 g/mol. The van der Waals surface area contributed by atoms with E-state index in [1.54, 1.807) is 19.0 Å². The van der Waals surface area contributed by atoms with Crippen LogP contribution in [0.1, 0.15) is 25.3 Å². The van der Waals surface area contributed by atoms with Gasteiger partial charge < -0.3 is 15.1 Å². The first-order valence-electron chi connectivity index (χ1n) is 7.48. The summed E-state index contributed by atoms with van der Waals surface area (Å²) >= 11 is 3.54. The second kappa shape index (κ2) is 7.27. The van der Waals surface area contributed by atoms with E-state index < -0.39 is 0 Å². The zero-order chi connectivity index (χ0) is 15.4. The van der Waals surface area contributed by atoms with Crippen LogP contribution in [0.3, 0.4) is 0 Å². The number of carbonyl (C=O) groups is 1. The Morgan fingerprint density at radius 2 is 2.10 bits per heavy atom. The number of likely N-dealkylation sites (N-methyl/N-ethyl adjacent to an activating group) is 2. The van der Waals surface area contributed by atoms with Crippen LogP contribution in [0.4, 0.5) is 5.69 Å². The van der Waals surface area contributed by atoms with E-state index >= 15 is 0 Å². The molecule has 0 aliphatic heterocycles. The van der Waals surface area contributed by atoms with Crippen molar-refractivity contribution in [2.45, 2.75) is 32.4 Å². The van der Waals surface area contributed by atoms with E-state index in [9.17, 15) is 4.79 Å². The molecular weight excluding hydrogens is 330 g/mol. The van der Waals surface area contributed by atoms with E-state index in [0.717, 1.165) is 23.2 Å². The number of rotatable bonds is 7. The predicted molar refractivity (Wildman–Crippen MR) is 90.6 cm³/mol. The molecule has 1 fully saturated rings. The molecule has 0 aromatic heterocycles. The highest BCUT2D eigenvalue weighted by Gasteiger charge is 2.21. The number of benzene rings is 1. The summed E-state index contributed by atoms with van der Waals surface area (Å²) in [6.45, 7) is 4.17. The predicted octanol–water partition coefficient (Wildman–Crippen LogP) is 2.62. The molecule has 0 atom stereocenters. The van der Waals surface area contributed by atoms with Crippen molar-refractivity contribution >= 4 is 27.5 Å². The summed E-state index contributed by atoms with van der Waals surface area (Å²) in [4.78, 5) is 15.8. The van der Waals surface area contributed by atoms with Gasteiger partial charge in [0.15, 0.2) is 0 Å². The molecule has 116 valence electrons. The molecule has 1 aromatic carbocycles. The van der Waals surface area contributed by atoms with Crippen molar-refractivity contribution in [3.63, 3.8) is 0 Å². The maximum absolute atomic E-state index is 12.0. The molecule has 2 rings (SSSR count). The van der Waals surface area contributed by atoms with E-state index in [-0.39, 0.29) is 5.91 Å². The lowest BCUT2D eigenvalue weighted by atomic mass is 10.1. The lowest BCUT2D eigenvalue weighted by molar-refractivity contribution is -0.127. The number of nitrogens with zero attached hydrogens (tertiary/aromatic N) is 2. The highest BCUT2D eigenvalue weighted by atomic mass is 79.9. The first-order chi connectivity index (χ1) is 10.0. The fourth-order valence-corrected chi connectivity index (χ4v) is 2.63. The summed E-state index contributed by atoms with van der Waals surface area (Å²) in [5.41, 5.74) is 2.38. The van der Waals surface area contributed by atoms with Gasteiger partial charge in [0.2, 0.25) is 5.91 Å². The second-order valence-electron chi connectivity index (χ2n) is 5.73. The third-order valence-electron chi connectivity index (χ3n) is 3.75. The number of nitrogens with one attached hydrogen (secondary N) is 1. The Balaban J connectivity index is 2.15. The van der Waals surface area contributed by atoms with Gasteiger partial charge in [0, 0.05) is 43.4 Å². The standard InChI is InChI=1S/C16H24BrN3O/c1-4-20(11-16(21)19(2)3)15-8-5-13(17)9-12(15)10-18-14-6-7-14/h5,8-9,14,18H,4,6-7,10-11H2,1-3H3. The Morgan fingerprint density at radius 3 is 2.67 bits per heavy atom. The molecule has 0 spiro atoms. The number of carbonyl (C=O) groups excluding carboxylic acids is 1. The topological polar surface area (TPSA) is 35.6 Å². The molecule has 0 radical (unpaired) electrons. The molecule has 1 aromatic rings. The third kappa shape index (κ3) is 4.71. The number of hydrogen-bond donors (Lipinski definition) is 1. The number of anilines is 1. The molecule has 1 aliphatic rings. The minimum Gasteiger partial charge on any atom is -0.362 e. The van der Waals surface area contributed by atoms with E-state index in [1.165, 1.54) is 18.4 Å². The number of halogens is 1. The highest BCUT2D eigenvalue weighted by molar-refractivity contribution is 9.10. The van der Waals surface area contributed by atoms with Crippen LogP contribution in [0.25, 0.3) is 0 Å². The van der Waals surface area contributed by atoms with Crippen molar-refractivity contribution in [1.29, 1.82) is 0 Å². The molecule has 1 N–H and O–H groups in total. The average Bonchev–Trinajstić information content (AvgIpc) is 3.27. The van der Waals surface area contributed by atoms with E-state index in [2.05, 4.69) is 45.2 Å². The molecule has 5 heteroatoms. The molecule has 4 nitrogen and oxygen atoms in total. The first-order valence-corrected chi connectivity index (χ1v) is 8.27. The van der Waals surface area contributed by atoms with E-state index in [1.807, 2.05) is 6.07 Å². The van der Waals surface area contributed by atoms with Gasteiger partial charge >= 0.3 is 0 Å². The Labute approximate surface area is 135 Å². The highest BCUT2D eigenvalue weighted by Crippen LogP contribution is 2.26. The molecule has 1 aliphatic carbocycles. The normalized spacial score (nSPS) is 14.1. The quantitative estimate of drug-likeness (QED) is 0.818. The van der Waals surface area contributed by atoms with Crippen molar-refractivity contribution in [2.24, 2.45) is 0 Å². The molecule has 1 amide bonds. The molecule has 0 saturated heterocycles. The van der Waals surface area contributed by atoms with E-state index in [0.29, 0.717) is 12.6 Å². The lowest BCUT2D eigenvalue weighted by Gasteiger charge is -2.27. The Bertz CT molecular complexity index is 500. The van der Waals surface area contributed by atoms with Crippen LogP contribution in [0.5, 0.6) is 0 Å². The Kier molecular flexibility index (Phi) is 5.65. The summed E-state index contributed by atoms with van der Waals surface area (Å²) in [7, 11) is 3.60. The van der Waals surface area contributed by atoms with Crippen molar-refractivity contribution in [2.75, 3.05) is 32.1 Å². The molecular formula is C16H24BrN3O. The van der Waals surface area contributed by atoms with Gasteiger partial charge in [-0.2, -0.15) is 0 Å². The monoisotopic (exact) mass is 353 g/mol. The first kappa shape index (κ1) is 16.3. The van der Waals surface area contributed by atoms with Crippen LogP contribution in [0.2, 0.25) is 0 Å². The van der Waals surface area contributed by atoms with Gasteiger partial charge in [-0.1, -0.05) is 15.9 Å². The zero-order valence-electron chi connectivity index (χ0n) is 13.0. The molecule has 0 bridgehead atoms. The summed E-state index contributed by atoms with van der Waals surface area (Å²) in [6, 6.07) is 6.96. The van der Waals surface area contributed by atoms with Crippen LogP contribution in [0, 0.1) is 0 Å². The van der Waals surface area contributed by atoms with Gasteiger partial charge in [0.05, 0.1) is 6.54 Å². The lowest BCUT2D eigenvalue weighted by Crippen LogP contribution is -2.37. The number of amides is 1. The SMILES string of the molecule is CCN(CC(=O)N(C)C)c1ccc(Br)cc1CNC1CC1. The summed E-state index contributed by atoms with van der Waals surface area (Å²) < 4.78 is 1.08. The molecule has 21 heavy (non-hydrogen) atoms. The minimum atomic E-state index is 0.126. The summed E-state index contributed by atoms with van der Waals surface area (Å²) in [5, 5.41) is 3.55. The minimum absolute atomic E-state index is 0.126. The maximum Gasteiger partial charge on any atom is 0.241 e. The van der Waals surface area contributed by atoms with Gasteiger partial charge in [-0.15, -0.1) is 0 Å². The summed E-state index contributed by atoms with van der Waals surface area (Å²) in [5.74, 6) is 0.126. The van der Waals surface area contributed by atoms with Crippen LogP contribution >= 0.6 is 15.9 Å². The Morgan fingerprint density at radius 1 is 1.38 bits per heavy atom. The van der Waals surface area contributed by atoms with Gasteiger partial charge in [-0.3, -0.25) is 4.79 Å². The molecule has 1 saturated carbocycles. The second-order valence-corrected chi connectivity index (χ2v) is 6.65. The fraction of sp³-hybridized carbons (Fsp3) is 0.562. The molecule has 0 unspecified atom stereocenters. The van der Waals surface area contributed by atoms with Crippen LogP contribution in [0.15, 0.2) is 22.7 Å². The smallest absolute Gasteiger partial charge is 0.241 e. The maximum atomic E-state index is 12.0. The van der Waals surface area contributed by atoms with Crippen LogP contribution in [-0.2, 0) is 11.3 Å². The van der Waals surface area contributed by atoms with Crippen molar-refractivity contribution < 1.29 is 4.79 Å². The van der Waals surface area contributed by atoms with Crippen molar-refractivity contribution in [3.05, 3.63) is 28.2 Å². The van der Waals surface area contributed by atoms with Crippen molar-refractivity contribution in [3.8, 4) is 0 Å². The summed E-state index contributed by atoms with van der Waals surface area (Å²) in [6.07, 6.45) is 2.56. The Hall–Kier alpha value is -1.07. The third-order valence-corrected chi connectivity index (χ3v) is 4.24. The van der Waals surface area contributed by atoms with Crippen LogP contribution in [-0.4, -0.2) is 44.0 Å². The van der Waals surface area contributed by atoms with Gasteiger partial charge in [0.25, 0.3) is 0 Å². The number of hydrogen-bond acceptors (Lipinski definition) is 3. The van der Waals surface area contributed by atoms with Gasteiger partial charge in [-0.25, -0.2) is 0 Å². The van der Waals surface area contributed by atoms with Crippen LogP contribution < -0.4 is 10.2 Å². The fourth-order valence-electron chi connectivity index (χ4n) is 2.22. The van der Waals surface area contributed by atoms with Crippen molar-refractivity contribution in [1.82, 2.24) is 10.2 Å². The van der Waals surface area contributed by atoms with Gasteiger partial charge in [-0.05, 0) is 43.5 Å². The largest absolute Gasteiger partial charge is 0.362 e. The van der Waals surface area contributed by atoms with E-state index in [4.69, 9.17) is 0 Å². The molecule has 0 heterocycles. The zero-order valence-corrected chi connectivity index (χ0v) is 14.6. The van der Waals surface area contributed by atoms with Gasteiger partial charge in [0.1, 0.15) is 0 Å².